The van der Waals surface area contributed by atoms with Gasteiger partial charge in [-0.2, -0.15) is 4.39 Å². The van der Waals surface area contributed by atoms with Crippen LogP contribution < -0.4 is 5.32 Å². The monoisotopic (exact) mass is 552 g/mol. The molecule has 2 aromatic carbocycles. The quantitative estimate of drug-likeness (QED) is 0.290. The molecule has 8 heteroatoms. The summed E-state index contributed by atoms with van der Waals surface area (Å²) in [6, 6.07) is 16.6. The molecule has 0 aliphatic carbocycles. The van der Waals surface area contributed by atoms with Gasteiger partial charge in [0.1, 0.15) is 0 Å². The van der Waals surface area contributed by atoms with E-state index in [1.807, 2.05) is 36.4 Å². The van der Waals surface area contributed by atoms with Crippen LogP contribution in [0.4, 0.5) is 9.18 Å². The van der Waals surface area contributed by atoms with Crippen molar-refractivity contribution in [1.29, 1.82) is 0 Å². The number of halogens is 3. The van der Waals surface area contributed by atoms with E-state index in [0.717, 1.165) is 63.3 Å². The lowest BCUT2D eigenvalue weighted by Crippen LogP contribution is -2.34. The average Bonchev–Trinajstić information content (AvgIpc) is 3.17. The molecule has 1 N–H and O–H groups in total. The molecule has 0 atom stereocenters. The largest absolute Gasteiger partial charge is 0.333 e. The van der Waals surface area contributed by atoms with Crippen LogP contribution >= 0.6 is 27.5 Å². The van der Waals surface area contributed by atoms with E-state index in [9.17, 15) is 9.18 Å². The Labute approximate surface area is 216 Å². The van der Waals surface area contributed by atoms with Gasteiger partial charge in [-0.3, -0.25) is 9.47 Å². The van der Waals surface area contributed by atoms with Gasteiger partial charge in [-0.25, -0.2) is 9.78 Å². The number of aromatic nitrogens is 2. The van der Waals surface area contributed by atoms with Crippen molar-refractivity contribution < 1.29 is 9.18 Å². The predicted octanol–water partition coefficient (Wildman–Crippen LogP) is 6.42. The summed E-state index contributed by atoms with van der Waals surface area (Å²) in [5.74, 6) is -0.560. The number of carbonyl (C=O) groups excluding carboxylic acids is 1. The van der Waals surface area contributed by atoms with Gasteiger partial charge in [0.15, 0.2) is 0 Å². The molecular weight excluding hydrogens is 531 g/mol. The second-order valence-corrected chi connectivity index (χ2v) is 9.86. The van der Waals surface area contributed by atoms with E-state index in [4.69, 9.17) is 11.6 Å². The standard InChI is InChI=1S/C27H23BrClFN4O/c28-20-5-8-24-22(15-20)23-17-33(12-1-2-18-3-6-21(29)7-4-18)13-10-25(23)34(24)27(35)32-16-19-9-11-31-26(30)14-19/h1-9,11,14-15H,10,12-13,16-17H2,(H,32,35). The molecule has 0 saturated heterocycles. The third kappa shape index (κ3) is 5.32. The molecule has 35 heavy (non-hydrogen) atoms. The molecule has 4 aromatic rings. The van der Waals surface area contributed by atoms with Gasteiger partial charge in [0.2, 0.25) is 5.95 Å². The third-order valence-corrected chi connectivity index (χ3v) is 6.92. The number of hydrogen-bond acceptors (Lipinski definition) is 3. The van der Waals surface area contributed by atoms with Crippen LogP contribution in [-0.2, 0) is 19.5 Å². The molecule has 1 aliphatic heterocycles. The molecule has 0 spiro atoms. The molecule has 0 unspecified atom stereocenters. The van der Waals surface area contributed by atoms with Crippen LogP contribution in [0.2, 0.25) is 5.02 Å². The van der Waals surface area contributed by atoms with Crippen LogP contribution in [-0.4, -0.2) is 33.6 Å². The molecule has 0 fully saturated rings. The fraction of sp³-hybridized carbons (Fsp3) is 0.185. The second-order valence-electron chi connectivity index (χ2n) is 8.51. The fourth-order valence-corrected chi connectivity index (χ4v) is 4.98. The van der Waals surface area contributed by atoms with Crippen LogP contribution in [0.1, 0.15) is 22.4 Å². The molecule has 1 amide bonds. The lowest BCUT2D eigenvalue weighted by atomic mass is 10.0. The summed E-state index contributed by atoms with van der Waals surface area (Å²) < 4.78 is 16.2. The summed E-state index contributed by atoms with van der Waals surface area (Å²) in [4.78, 5) is 19.2. The Hall–Kier alpha value is -3.00. The van der Waals surface area contributed by atoms with Gasteiger partial charge >= 0.3 is 6.03 Å². The van der Waals surface area contributed by atoms with E-state index in [-0.39, 0.29) is 12.6 Å². The topological polar surface area (TPSA) is 50.2 Å². The zero-order chi connectivity index (χ0) is 24.4. The van der Waals surface area contributed by atoms with Crippen molar-refractivity contribution >= 4 is 50.5 Å². The van der Waals surface area contributed by atoms with E-state index in [1.165, 1.54) is 12.3 Å². The average molecular weight is 554 g/mol. The van der Waals surface area contributed by atoms with Crippen molar-refractivity contribution in [3.05, 3.63) is 105 Å². The molecule has 178 valence electrons. The normalized spacial score (nSPS) is 13.9. The molecule has 5 rings (SSSR count). The Kier molecular flexibility index (Phi) is 7.00. The van der Waals surface area contributed by atoms with Crippen molar-refractivity contribution in [2.75, 3.05) is 13.1 Å². The summed E-state index contributed by atoms with van der Waals surface area (Å²) in [5, 5.41) is 4.72. The van der Waals surface area contributed by atoms with Crippen LogP contribution in [0.25, 0.3) is 17.0 Å². The molecular formula is C27H23BrClFN4O. The molecule has 1 aliphatic rings. The maximum atomic E-state index is 13.4. The highest BCUT2D eigenvalue weighted by molar-refractivity contribution is 9.10. The number of nitrogens with zero attached hydrogens (tertiary/aromatic N) is 3. The summed E-state index contributed by atoms with van der Waals surface area (Å²) >= 11 is 9.55. The lowest BCUT2D eigenvalue weighted by Gasteiger charge is -2.27. The van der Waals surface area contributed by atoms with E-state index >= 15 is 0 Å². The molecule has 0 bridgehead atoms. The number of fused-ring (bicyclic) bond motifs is 3. The molecule has 5 nitrogen and oxygen atoms in total. The first kappa shape index (κ1) is 23.7. The third-order valence-electron chi connectivity index (χ3n) is 6.17. The van der Waals surface area contributed by atoms with Crippen LogP contribution in [0.5, 0.6) is 0 Å². The Morgan fingerprint density at radius 2 is 2.00 bits per heavy atom. The van der Waals surface area contributed by atoms with Gasteiger partial charge in [-0.05, 0) is 59.2 Å². The number of carbonyl (C=O) groups is 1. The lowest BCUT2D eigenvalue weighted by molar-refractivity contribution is 0.240. The van der Waals surface area contributed by atoms with Crippen molar-refractivity contribution in [2.24, 2.45) is 0 Å². The van der Waals surface area contributed by atoms with E-state index in [2.05, 4.69) is 49.3 Å². The molecule has 0 saturated carbocycles. The second kappa shape index (κ2) is 10.3. The summed E-state index contributed by atoms with van der Waals surface area (Å²) in [5.41, 5.74) is 4.83. The number of pyridine rings is 1. The molecule has 3 heterocycles. The summed E-state index contributed by atoms with van der Waals surface area (Å²) in [7, 11) is 0. The number of nitrogens with one attached hydrogen (secondary N) is 1. The highest BCUT2D eigenvalue weighted by Gasteiger charge is 2.26. The number of hydrogen-bond donors (Lipinski definition) is 1. The van der Waals surface area contributed by atoms with Crippen molar-refractivity contribution in [3.8, 4) is 0 Å². The van der Waals surface area contributed by atoms with Gasteiger partial charge in [0, 0.05) is 59.4 Å². The van der Waals surface area contributed by atoms with Gasteiger partial charge in [-0.15, -0.1) is 0 Å². The smallest absolute Gasteiger partial charge is 0.326 e. The number of rotatable bonds is 5. The van der Waals surface area contributed by atoms with Crippen LogP contribution in [0.15, 0.2) is 71.3 Å². The first-order valence-electron chi connectivity index (χ1n) is 11.3. The minimum atomic E-state index is -0.560. The molecule has 2 aromatic heterocycles. The maximum absolute atomic E-state index is 13.4. The van der Waals surface area contributed by atoms with Gasteiger partial charge in [-0.1, -0.05) is 51.8 Å². The maximum Gasteiger partial charge on any atom is 0.326 e. The Balaban J connectivity index is 1.37. The van der Waals surface area contributed by atoms with Gasteiger partial charge in [0.25, 0.3) is 0 Å². The Morgan fingerprint density at radius 3 is 2.80 bits per heavy atom. The fourth-order valence-electron chi connectivity index (χ4n) is 4.50. The number of benzene rings is 2. The SMILES string of the molecule is O=C(NCc1ccnc(F)c1)n1c2c(c3cc(Br)ccc31)CN(CC=Cc1ccc(Cl)cc1)CC2. The zero-order valence-corrected chi connectivity index (χ0v) is 21.2. The Morgan fingerprint density at radius 1 is 1.17 bits per heavy atom. The predicted molar refractivity (Wildman–Crippen MR) is 141 cm³/mol. The van der Waals surface area contributed by atoms with Crippen LogP contribution in [0, 0.1) is 5.95 Å². The Bertz CT molecular complexity index is 1420. The minimum Gasteiger partial charge on any atom is -0.333 e. The summed E-state index contributed by atoms with van der Waals surface area (Å²) in [6.07, 6.45) is 6.41. The van der Waals surface area contributed by atoms with Crippen molar-refractivity contribution in [3.63, 3.8) is 0 Å². The first-order chi connectivity index (χ1) is 17.0. The zero-order valence-electron chi connectivity index (χ0n) is 18.8. The van der Waals surface area contributed by atoms with Gasteiger partial charge < -0.3 is 5.32 Å². The van der Waals surface area contributed by atoms with Crippen LogP contribution in [0.3, 0.4) is 0 Å². The van der Waals surface area contributed by atoms with E-state index in [0.29, 0.717) is 5.56 Å². The number of amides is 1. The van der Waals surface area contributed by atoms with Crippen molar-refractivity contribution in [1.82, 2.24) is 19.8 Å². The van der Waals surface area contributed by atoms with E-state index < -0.39 is 5.95 Å². The van der Waals surface area contributed by atoms with Crippen molar-refractivity contribution in [2.45, 2.75) is 19.5 Å². The molecule has 0 radical (unpaired) electrons. The highest BCUT2D eigenvalue weighted by atomic mass is 79.9. The first-order valence-corrected chi connectivity index (χ1v) is 12.5. The van der Waals surface area contributed by atoms with Gasteiger partial charge in [0.05, 0.1) is 5.52 Å². The summed E-state index contributed by atoms with van der Waals surface area (Å²) in [6.45, 7) is 2.63. The highest BCUT2D eigenvalue weighted by Crippen LogP contribution is 2.33. The minimum absolute atomic E-state index is 0.216. The van der Waals surface area contributed by atoms with E-state index in [1.54, 1.807) is 10.6 Å².